The minimum Gasteiger partial charge on any atom is -0.497 e. The van der Waals surface area contributed by atoms with Gasteiger partial charge >= 0.3 is 0 Å². The smallest absolute Gasteiger partial charge is 0.217 e. The number of halogens is 1. The van der Waals surface area contributed by atoms with E-state index in [2.05, 4.69) is 21.0 Å². The van der Waals surface area contributed by atoms with E-state index in [-0.39, 0.29) is 0 Å². The Balaban J connectivity index is 1.72. The fraction of sp³-hybridized carbons (Fsp3) is 0.222. The second-order valence-electron chi connectivity index (χ2n) is 5.80. The highest BCUT2D eigenvalue weighted by Gasteiger charge is 2.08. The van der Waals surface area contributed by atoms with E-state index >= 15 is 0 Å². The Kier molecular flexibility index (Phi) is 5.53. The summed E-state index contributed by atoms with van der Waals surface area (Å²) in [5.74, 6) is 1.59. The average Bonchev–Trinajstić information content (AvgIpc) is 2.96. The third-order valence-corrected chi connectivity index (χ3v) is 4.33. The van der Waals surface area contributed by atoms with Gasteiger partial charge in [0, 0.05) is 17.1 Å². The van der Waals surface area contributed by atoms with Gasteiger partial charge in [-0.3, -0.25) is 10.00 Å². The zero-order valence-electron chi connectivity index (χ0n) is 14.1. The molecule has 3 aromatic rings. The quantitative estimate of drug-likeness (QED) is 0.651. The molecule has 0 aliphatic heterocycles. The molecule has 0 amide bonds. The van der Waals surface area contributed by atoms with Gasteiger partial charge in [0.15, 0.2) is 5.82 Å². The molecule has 0 saturated heterocycles. The molecule has 7 heteroatoms. The van der Waals surface area contributed by atoms with Crippen molar-refractivity contribution >= 4 is 23.8 Å². The van der Waals surface area contributed by atoms with Gasteiger partial charge in [0.1, 0.15) is 5.75 Å². The molecule has 0 aliphatic carbocycles. The molecular weight excluding hydrogens is 356 g/mol. The van der Waals surface area contributed by atoms with E-state index in [1.165, 1.54) is 5.56 Å². The Morgan fingerprint density at radius 3 is 2.72 bits per heavy atom. The fourth-order valence-electron chi connectivity index (χ4n) is 2.56. The Hall–Kier alpha value is -2.15. The standard InChI is InChI=1S/C18H19ClN4OS/c1-22(11-13-4-3-5-16(10-13)24-2)12-23-18(25)20-17(21-23)14-6-8-15(19)9-7-14/h3-10H,11-12H2,1-2H3,(H,20,21,25). The van der Waals surface area contributed by atoms with Crippen LogP contribution in [-0.2, 0) is 13.2 Å². The van der Waals surface area contributed by atoms with E-state index < -0.39 is 0 Å². The molecule has 0 aliphatic rings. The number of hydrogen-bond acceptors (Lipinski definition) is 4. The van der Waals surface area contributed by atoms with Crippen molar-refractivity contribution < 1.29 is 4.74 Å². The molecule has 0 unspecified atom stereocenters. The van der Waals surface area contributed by atoms with Crippen molar-refractivity contribution in [2.24, 2.45) is 0 Å². The lowest BCUT2D eigenvalue weighted by Gasteiger charge is -2.17. The van der Waals surface area contributed by atoms with Gasteiger partial charge in [0.25, 0.3) is 0 Å². The van der Waals surface area contributed by atoms with Crippen LogP contribution in [0.3, 0.4) is 0 Å². The minimum atomic E-state index is 0.516. The van der Waals surface area contributed by atoms with Crippen molar-refractivity contribution in [2.75, 3.05) is 14.2 Å². The Morgan fingerprint density at radius 1 is 1.24 bits per heavy atom. The van der Waals surface area contributed by atoms with Gasteiger partial charge < -0.3 is 4.74 Å². The third-order valence-electron chi connectivity index (χ3n) is 3.77. The first-order chi connectivity index (χ1) is 12.0. The van der Waals surface area contributed by atoms with Crippen LogP contribution in [0.25, 0.3) is 11.4 Å². The second kappa shape index (κ2) is 7.82. The van der Waals surface area contributed by atoms with Crippen molar-refractivity contribution in [3.05, 3.63) is 63.9 Å². The lowest BCUT2D eigenvalue weighted by molar-refractivity contribution is 0.244. The summed E-state index contributed by atoms with van der Waals surface area (Å²) in [7, 11) is 3.70. The van der Waals surface area contributed by atoms with Crippen LogP contribution in [0, 0.1) is 4.77 Å². The number of aromatic nitrogens is 3. The highest BCUT2D eigenvalue weighted by atomic mass is 35.5. The van der Waals surface area contributed by atoms with Gasteiger partial charge in [-0.1, -0.05) is 23.7 Å². The van der Waals surface area contributed by atoms with E-state index in [0.29, 0.717) is 16.5 Å². The zero-order valence-corrected chi connectivity index (χ0v) is 15.6. The third kappa shape index (κ3) is 4.48. The number of nitrogens with zero attached hydrogens (tertiary/aromatic N) is 3. The molecule has 0 fully saturated rings. The molecule has 2 aromatic carbocycles. The highest BCUT2D eigenvalue weighted by Crippen LogP contribution is 2.18. The molecule has 1 aromatic heterocycles. The summed E-state index contributed by atoms with van der Waals surface area (Å²) in [4.78, 5) is 6.58. The van der Waals surface area contributed by atoms with E-state index in [1.807, 2.05) is 54.2 Å². The van der Waals surface area contributed by atoms with Crippen LogP contribution in [0.5, 0.6) is 5.75 Å². The minimum absolute atomic E-state index is 0.516. The predicted octanol–water partition coefficient (Wildman–Crippen LogP) is 4.36. The maximum atomic E-state index is 5.93. The number of aromatic amines is 1. The normalized spacial score (nSPS) is 11.0. The Bertz CT molecular complexity index is 904. The van der Waals surface area contributed by atoms with Crippen molar-refractivity contribution in [1.82, 2.24) is 19.7 Å². The number of H-pyrrole nitrogens is 1. The number of ether oxygens (including phenoxy) is 1. The zero-order chi connectivity index (χ0) is 17.8. The molecular formula is C18H19ClN4OS. The molecule has 1 heterocycles. The molecule has 0 radical (unpaired) electrons. The lowest BCUT2D eigenvalue weighted by Crippen LogP contribution is -2.22. The first kappa shape index (κ1) is 17.7. The average molecular weight is 375 g/mol. The van der Waals surface area contributed by atoms with Gasteiger partial charge in [-0.15, -0.1) is 0 Å². The van der Waals surface area contributed by atoms with Crippen molar-refractivity contribution in [2.45, 2.75) is 13.2 Å². The summed E-state index contributed by atoms with van der Waals surface area (Å²) in [5, 5.41) is 3.94. The monoisotopic (exact) mass is 374 g/mol. The van der Waals surface area contributed by atoms with Crippen molar-refractivity contribution in [1.29, 1.82) is 0 Å². The van der Waals surface area contributed by atoms with Gasteiger partial charge in [-0.05, 0) is 61.2 Å². The SMILES string of the molecule is COc1cccc(CN(C)Cn2[nH]c(-c3ccc(Cl)cc3)nc2=S)c1. The van der Waals surface area contributed by atoms with Gasteiger partial charge in [0.2, 0.25) is 4.77 Å². The lowest BCUT2D eigenvalue weighted by atomic mass is 10.2. The van der Waals surface area contributed by atoms with Crippen LogP contribution in [0.1, 0.15) is 5.56 Å². The van der Waals surface area contributed by atoms with Gasteiger partial charge in [-0.25, -0.2) is 4.68 Å². The van der Waals surface area contributed by atoms with Crippen LogP contribution >= 0.6 is 23.8 Å². The summed E-state index contributed by atoms with van der Waals surface area (Å²) in [5.41, 5.74) is 2.12. The predicted molar refractivity (Wildman–Crippen MR) is 102 cm³/mol. The molecule has 1 N–H and O–H groups in total. The Morgan fingerprint density at radius 2 is 2.00 bits per heavy atom. The molecule has 0 atom stereocenters. The molecule has 130 valence electrons. The van der Waals surface area contributed by atoms with Gasteiger partial charge in [-0.2, -0.15) is 4.98 Å². The topological polar surface area (TPSA) is 46.1 Å². The van der Waals surface area contributed by atoms with E-state index in [0.717, 1.165) is 23.7 Å². The molecule has 3 rings (SSSR count). The van der Waals surface area contributed by atoms with E-state index in [4.69, 9.17) is 28.6 Å². The second-order valence-corrected chi connectivity index (χ2v) is 6.60. The molecule has 5 nitrogen and oxygen atoms in total. The number of benzene rings is 2. The molecule has 0 spiro atoms. The number of methoxy groups -OCH3 is 1. The molecule has 0 saturated carbocycles. The van der Waals surface area contributed by atoms with E-state index in [9.17, 15) is 0 Å². The number of nitrogens with one attached hydrogen (secondary N) is 1. The van der Waals surface area contributed by atoms with Crippen LogP contribution in [0.4, 0.5) is 0 Å². The molecule has 25 heavy (non-hydrogen) atoms. The summed E-state index contributed by atoms with van der Waals surface area (Å²) in [6, 6.07) is 15.5. The summed E-state index contributed by atoms with van der Waals surface area (Å²) in [6.45, 7) is 1.38. The summed E-state index contributed by atoms with van der Waals surface area (Å²) >= 11 is 11.3. The van der Waals surface area contributed by atoms with Crippen molar-refractivity contribution in [3.63, 3.8) is 0 Å². The van der Waals surface area contributed by atoms with Crippen LogP contribution in [0.15, 0.2) is 48.5 Å². The van der Waals surface area contributed by atoms with E-state index in [1.54, 1.807) is 7.11 Å². The van der Waals surface area contributed by atoms with Crippen molar-refractivity contribution in [3.8, 4) is 17.1 Å². The van der Waals surface area contributed by atoms with Crippen LogP contribution in [0.2, 0.25) is 5.02 Å². The number of rotatable bonds is 6. The Labute approximate surface area is 156 Å². The maximum absolute atomic E-state index is 5.93. The van der Waals surface area contributed by atoms with Gasteiger partial charge in [0.05, 0.1) is 13.8 Å². The van der Waals surface area contributed by atoms with Crippen LogP contribution in [-0.4, -0.2) is 33.8 Å². The first-order valence-corrected chi connectivity index (χ1v) is 8.58. The first-order valence-electron chi connectivity index (χ1n) is 7.79. The van der Waals surface area contributed by atoms with Crippen LogP contribution < -0.4 is 4.74 Å². The maximum Gasteiger partial charge on any atom is 0.217 e. The largest absolute Gasteiger partial charge is 0.497 e. The summed E-state index contributed by atoms with van der Waals surface area (Å²) < 4.78 is 7.63. The highest BCUT2D eigenvalue weighted by molar-refractivity contribution is 7.71. The number of hydrogen-bond donors (Lipinski definition) is 1. The fourth-order valence-corrected chi connectivity index (χ4v) is 2.88. The summed E-state index contributed by atoms with van der Waals surface area (Å²) in [6.07, 6.45) is 0. The molecule has 0 bridgehead atoms.